The van der Waals surface area contributed by atoms with Crippen molar-refractivity contribution in [2.75, 3.05) is 6.61 Å². The van der Waals surface area contributed by atoms with Crippen molar-refractivity contribution in [1.82, 2.24) is 0 Å². The van der Waals surface area contributed by atoms with Crippen molar-refractivity contribution in [1.29, 1.82) is 0 Å². The Labute approximate surface area is 85.4 Å². The van der Waals surface area contributed by atoms with Crippen molar-refractivity contribution in [2.24, 2.45) is 0 Å². The number of hydrogen-bond donors (Lipinski definition) is 2. The minimum Gasteiger partial charge on any atom is -0.423 e. The molecule has 0 spiro atoms. The molecule has 1 saturated heterocycles. The maximum Gasteiger partial charge on any atom is 0.491 e. The maximum absolute atomic E-state index is 13.4. The SMILES string of the molecule is Cc1cc(C2CO2)c(F)c(F)c1B(O)O. The fraction of sp³-hybridized carbons (Fsp3) is 0.333. The van der Waals surface area contributed by atoms with E-state index < -0.39 is 30.3 Å². The van der Waals surface area contributed by atoms with Gasteiger partial charge < -0.3 is 14.8 Å². The van der Waals surface area contributed by atoms with Crippen LogP contribution in [-0.2, 0) is 4.74 Å². The third kappa shape index (κ3) is 1.76. The topological polar surface area (TPSA) is 53.0 Å². The van der Waals surface area contributed by atoms with Crippen molar-refractivity contribution >= 4 is 12.6 Å². The van der Waals surface area contributed by atoms with Crippen LogP contribution in [0, 0.1) is 18.6 Å². The molecule has 0 amide bonds. The van der Waals surface area contributed by atoms with Crippen molar-refractivity contribution in [3.05, 3.63) is 28.8 Å². The third-order valence-electron chi connectivity index (χ3n) is 2.42. The summed E-state index contributed by atoms with van der Waals surface area (Å²) in [6, 6.07) is 1.38. The van der Waals surface area contributed by atoms with Gasteiger partial charge in [-0.15, -0.1) is 0 Å². The highest BCUT2D eigenvalue weighted by atomic mass is 19.2. The monoisotopic (exact) mass is 214 g/mol. The number of halogens is 2. The first-order valence-corrected chi connectivity index (χ1v) is 4.48. The van der Waals surface area contributed by atoms with Crippen LogP contribution in [0.4, 0.5) is 8.78 Å². The van der Waals surface area contributed by atoms with Gasteiger partial charge in [0.2, 0.25) is 0 Å². The Morgan fingerprint density at radius 2 is 2.00 bits per heavy atom. The molecule has 1 atom stereocenters. The fourth-order valence-corrected chi connectivity index (χ4v) is 1.57. The Morgan fingerprint density at radius 1 is 1.40 bits per heavy atom. The molecule has 1 aromatic carbocycles. The molecular formula is C9H9BF2O3. The van der Waals surface area contributed by atoms with Gasteiger partial charge in [-0.05, 0) is 12.5 Å². The lowest BCUT2D eigenvalue weighted by Crippen LogP contribution is -2.36. The van der Waals surface area contributed by atoms with Crippen LogP contribution in [0.2, 0.25) is 0 Å². The molecule has 2 N–H and O–H groups in total. The quantitative estimate of drug-likeness (QED) is 0.539. The van der Waals surface area contributed by atoms with E-state index in [9.17, 15) is 8.78 Å². The van der Waals surface area contributed by atoms with Gasteiger partial charge in [-0.3, -0.25) is 0 Å². The molecule has 1 aromatic rings. The summed E-state index contributed by atoms with van der Waals surface area (Å²) in [5.74, 6) is -2.28. The first-order valence-electron chi connectivity index (χ1n) is 4.48. The van der Waals surface area contributed by atoms with Gasteiger partial charge in [0, 0.05) is 11.0 Å². The first-order chi connectivity index (χ1) is 7.02. The Kier molecular flexibility index (Phi) is 2.50. The van der Waals surface area contributed by atoms with Gasteiger partial charge in [0.1, 0.15) is 6.10 Å². The molecule has 0 bridgehead atoms. The van der Waals surface area contributed by atoms with Crippen LogP contribution in [0.3, 0.4) is 0 Å². The summed E-state index contributed by atoms with van der Waals surface area (Å²) in [7, 11) is -2.01. The number of epoxide rings is 1. The molecule has 6 heteroatoms. The van der Waals surface area contributed by atoms with Crippen molar-refractivity contribution < 1.29 is 23.6 Å². The van der Waals surface area contributed by atoms with Gasteiger partial charge in [-0.2, -0.15) is 0 Å². The molecule has 1 aliphatic heterocycles. The zero-order valence-electron chi connectivity index (χ0n) is 8.00. The molecule has 1 aliphatic rings. The molecule has 0 aliphatic carbocycles. The second-order valence-electron chi connectivity index (χ2n) is 3.52. The van der Waals surface area contributed by atoms with Gasteiger partial charge in [0.25, 0.3) is 0 Å². The van der Waals surface area contributed by atoms with E-state index in [0.29, 0.717) is 12.2 Å². The zero-order valence-corrected chi connectivity index (χ0v) is 8.00. The van der Waals surface area contributed by atoms with E-state index in [0.717, 1.165) is 0 Å². The molecule has 1 fully saturated rings. The Bertz CT molecular complexity index is 405. The fourth-order valence-electron chi connectivity index (χ4n) is 1.57. The lowest BCUT2D eigenvalue weighted by molar-refractivity contribution is 0.398. The Morgan fingerprint density at radius 3 is 2.47 bits per heavy atom. The average Bonchev–Trinajstić information content (AvgIpc) is 2.94. The molecule has 80 valence electrons. The minimum absolute atomic E-state index is 0.134. The zero-order chi connectivity index (χ0) is 11.2. The molecule has 3 nitrogen and oxygen atoms in total. The highest BCUT2D eigenvalue weighted by molar-refractivity contribution is 6.59. The maximum atomic E-state index is 13.4. The summed E-state index contributed by atoms with van der Waals surface area (Å²) in [5.41, 5.74) is 0.0145. The van der Waals surface area contributed by atoms with Gasteiger partial charge in [-0.1, -0.05) is 6.07 Å². The number of aryl methyl sites for hydroxylation is 1. The highest BCUT2D eigenvalue weighted by Crippen LogP contribution is 2.32. The van der Waals surface area contributed by atoms with Crippen molar-refractivity contribution in [2.45, 2.75) is 13.0 Å². The Balaban J connectivity index is 2.56. The van der Waals surface area contributed by atoms with E-state index in [1.807, 2.05) is 0 Å². The summed E-state index contributed by atoms with van der Waals surface area (Å²) < 4.78 is 31.7. The lowest BCUT2D eigenvalue weighted by Gasteiger charge is -2.09. The third-order valence-corrected chi connectivity index (χ3v) is 2.42. The van der Waals surface area contributed by atoms with E-state index in [-0.39, 0.29) is 5.56 Å². The van der Waals surface area contributed by atoms with Crippen LogP contribution in [0.25, 0.3) is 0 Å². The van der Waals surface area contributed by atoms with Crippen molar-refractivity contribution in [3.63, 3.8) is 0 Å². The average molecular weight is 214 g/mol. The summed E-state index contributed by atoms with van der Waals surface area (Å²) in [5, 5.41) is 17.7. The molecule has 0 aromatic heterocycles. The number of ether oxygens (including phenoxy) is 1. The van der Waals surface area contributed by atoms with Gasteiger partial charge in [-0.25, -0.2) is 8.78 Å². The molecular weight excluding hydrogens is 205 g/mol. The predicted octanol–water partition coefficient (Wildman–Crippen LogP) is 0.0243. The number of benzene rings is 1. The summed E-state index contributed by atoms with van der Waals surface area (Å²) in [4.78, 5) is 0. The standard InChI is InChI=1S/C9H9BF2O3/c1-4-2-5(6-3-15-6)8(11)9(12)7(4)10(13)14/h2,6,13-14H,3H2,1H3. The number of hydrogen-bond acceptors (Lipinski definition) is 3. The normalized spacial score (nSPS) is 19.1. The minimum atomic E-state index is -2.01. The van der Waals surface area contributed by atoms with Crippen LogP contribution in [0.1, 0.15) is 17.2 Å². The summed E-state index contributed by atoms with van der Waals surface area (Å²) in [6.45, 7) is 1.86. The first kappa shape index (κ1) is 10.5. The van der Waals surface area contributed by atoms with E-state index >= 15 is 0 Å². The molecule has 0 radical (unpaired) electrons. The van der Waals surface area contributed by atoms with Crippen LogP contribution < -0.4 is 5.46 Å². The van der Waals surface area contributed by atoms with Gasteiger partial charge >= 0.3 is 7.12 Å². The summed E-state index contributed by atoms with van der Waals surface area (Å²) in [6.07, 6.45) is -0.400. The second-order valence-corrected chi connectivity index (χ2v) is 3.52. The smallest absolute Gasteiger partial charge is 0.423 e. The molecule has 15 heavy (non-hydrogen) atoms. The largest absolute Gasteiger partial charge is 0.491 e. The lowest BCUT2D eigenvalue weighted by atomic mass is 9.76. The van der Waals surface area contributed by atoms with Crippen LogP contribution in [-0.4, -0.2) is 23.8 Å². The Hall–Kier alpha value is -0.975. The highest BCUT2D eigenvalue weighted by Gasteiger charge is 2.32. The van der Waals surface area contributed by atoms with E-state index in [1.54, 1.807) is 0 Å². The molecule has 2 rings (SSSR count). The predicted molar refractivity (Wildman–Crippen MR) is 49.6 cm³/mol. The van der Waals surface area contributed by atoms with Gasteiger partial charge in [0.05, 0.1) is 6.61 Å². The van der Waals surface area contributed by atoms with E-state index in [2.05, 4.69) is 0 Å². The van der Waals surface area contributed by atoms with Crippen LogP contribution >= 0.6 is 0 Å². The second kappa shape index (κ2) is 3.55. The molecule has 1 heterocycles. The molecule has 1 unspecified atom stereocenters. The molecule has 0 saturated carbocycles. The van der Waals surface area contributed by atoms with E-state index in [4.69, 9.17) is 14.8 Å². The van der Waals surface area contributed by atoms with Crippen LogP contribution in [0.15, 0.2) is 6.07 Å². The number of rotatable bonds is 2. The van der Waals surface area contributed by atoms with Gasteiger partial charge in [0.15, 0.2) is 11.6 Å². The van der Waals surface area contributed by atoms with E-state index in [1.165, 1.54) is 13.0 Å². The van der Waals surface area contributed by atoms with Crippen molar-refractivity contribution in [3.8, 4) is 0 Å². The van der Waals surface area contributed by atoms with Crippen LogP contribution in [0.5, 0.6) is 0 Å². The summed E-state index contributed by atoms with van der Waals surface area (Å²) >= 11 is 0.